The van der Waals surface area contributed by atoms with Gasteiger partial charge in [-0.25, -0.2) is 4.79 Å². The van der Waals surface area contributed by atoms with E-state index in [-0.39, 0.29) is 18.2 Å². The molecule has 0 saturated carbocycles. The zero-order valence-electron chi connectivity index (χ0n) is 16.6. The van der Waals surface area contributed by atoms with E-state index in [0.717, 1.165) is 4.47 Å². The maximum Gasteiger partial charge on any atom is 0.407 e. The number of aromatic nitrogens is 2. The van der Waals surface area contributed by atoms with Gasteiger partial charge in [-0.2, -0.15) is 4.98 Å². The van der Waals surface area contributed by atoms with E-state index in [1.54, 1.807) is 70.1 Å². The molecule has 2 rings (SSSR count). The molecule has 0 aliphatic rings. The third-order valence-electron chi connectivity index (χ3n) is 3.51. The van der Waals surface area contributed by atoms with Gasteiger partial charge in [0, 0.05) is 23.8 Å². The third-order valence-corrected chi connectivity index (χ3v) is 3.96. The van der Waals surface area contributed by atoms with Gasteiger partial charge in [-0.3, -0.25) is 4.79 Å². The van der Waals surface area contributed by atoms with Crippen LogP contribution in [0.1, 0.15) is 27.7 Å². The number of carbonyl (C=O) groups is 1. The molecule has 2 N–H and O–H groups in total. The van der Waals surface area contributed by atoms with E-state index < -0.39 is 11.7 Å². The number of carbonyl (C=O) groups excluding carboxylic acids is 1. The molecule has 2 heterocycles. The number of amides is 1. The Labute approximate surface area is 172 Å². The zero-order valence-corrected chi connectivity index (χ0v) is 18.2. The lowest BCUT2D eigenvalue weighted by atomic mass is 10.2. The topological polar surface area (TPSA) is 96.5 Å². The number of hydrogen-bond acceptors (Lipinski definition) is 6. The molecule has 8 nitrogen and oxygen atoms in total. The van der Waals surface area contributed by atoms with Crippen LogP contribution >= 0.6 is 15.9 Å². The summed E-state index contributed by atoms with van der Waals surface area (Å²) in [7, 11) is 1.75. The lowest BCUT2D eigenvalue weighted by Gasteiger charge is -2.22. The Balaban J connectivity index is 2.00. The number of rotatable bonds is 6. The average Bonchev–Trinajstić information content (AvgIpc) is 2.60. The van der Waals surface area contributed by atoms with E-state index in [9.17, 15) is 9.59 Å². The molecule has 0 bridgehead atoms. The summed E-state index contributed by atoms with van der Waals surface area (Å²) in [6.45, 7) is 7.43. The van der Waals surface area contributed by atoms with Crippen LogP contribution < -0.4 is 20.5 Å². The van der Waals surface area contributed by atoms with Gasteiger partial charge in [-0.05, 0) is 55.8 Å². The highest BCUT2D eigenvalue weighted by molar-refractivity contribution is 9.10. The van der Waals surface area contributed by atoms with Gasteiger partial charge >= 0.3 is 6.09 Å². The molecule has 9 heteroatoms. The summed E-state index contributed by atoms with van der Waals surface area (Å²) >= 11 is 3.34. The standard InChI is InChI=1S/C19H25BrN4O4/c1-12(22-18(26)28-19(2,3)4)11-27-16-8-6-7-15(23-16)24(5)14-9-13(20)10-21-17(14)25/h6-10,12H,11H2,1-5H3,(H,21,25)(H,22,26)/t12-/m0/s1. The van der Waals surface area contributed by atoms with Crippen molar-refractivity contribution < 1.29 is 14.3 Å². The third kappa shape index (κ3) is 6.56. The minimum Gasteiger partial charge on any atom is -0.475 e. The Bertz CT molecular complexity index is 879. The number of nitrogens with zero attached hydrogens (tertiary/aromatic N) is 2. The fourth-order valence-electron chi connectivity index (χ4n) is 2.25. The largest absolute Gasteiger partial charge is 0.475 e. The first-order valence-corrected chi connectivity index (χ1v) is 9.56. The van der Waals surface area contributed by atoms with Gasteiger partial charge in [-0.15, -0.1) is 0 Å². The minimum atomic E-state index is -0.560. The highest BCUT2D eigenvalue weighted by atomic mass is 79.9. The summed E-state index contributed by atoms with van der Waals surface area (Å²) in [5.41, 5.74) is -0.344. The molecule has 0 saturated heterocycles. The second-order valence-electron chi connectivity index (χ2n) is 7.28. The van der Waals surface area contributed by atoms with Gasteiger partial charge in [0.2, 0.25) is 5.88 Å². The number of H-pyrrole nitrogens is 1. The summed E-state index contributed by atoms with van der Waals surface area (Å²) in [6.07, 6.45) is 1.07. The minimum absolute atomic E-state index is 0.219. The summed E-state index contributed by atoms with van der Waals surface area (Å²) in [6, 6.07) is 6.71. The predicted molar refractivity (Wildman–Crippen MR) is 111 cm³/mol. The number of pyridine rings is 2. The molecular formula is C19H25BrN4O4. The van der Waals surface area contributed by atoms with Crippen LogP contribution in [0.25, 0.3) is 0 Å². The first-order chi connectivity index (χ1) is 13.0. The van der Waals surface area contributed by atoms with Crippen LogP contribution in [0.5, 0.6) is 5.88 Å². The van der Waals surface area contributed by atoms with Crippen molar-refractivity contribution in [2.24, 2.45) is 0 Å². The molecule has 152 valence electrons. The van der Waals surface area contributed by atoms with Crippen molar-refractivity contribution in [3.63, 3.8) is 0 Å². The lowest BCUT2D eigenvalue weighted by molar-refractivity contribution is 0.0493. The van der Waals surface area contributed by atoms with Crippen LogP contribution in [0, 0.1) is 0 Å². The Morgan fingerprint density at radius 1 is 1.39 bits per heavy atom. The van der Waals surface area contributed by atoms with Crippen molar-refractivity contribution >= 4 is 33.5 Å². The van der Waals surface area contributed by atoms with Crippen LogP contribution in [0.3, 0.4) is 0 Å². The molecule has 2 aromatic heterocycles. The van der Waals surface area contributed by atoms with E-state index in [1.165, 1.54) is 0 Å². The van der Waals surface area contributed by atoms with Crippen LogP contribution in [0.2, 0.25) is 0 Å². The molecule has 28 heavy (non-hydrogen) atoms. The molecule has 0 spiro atoms. The highest BCUT2D eigenvalue weighted by Gasteiger charge is 2.18. The molecule has 0 aliphatic heterocycles. The van der Waals surface area contributed by atoms with Crippen molar-refractivity contribution in [3.05, 3.63) is 45.3 Å². The van der Waals surface area contributed by atoms with Gasteiger partial charge < -0.3 is 24.7 Å². The van der Waals surface area contributed by atoms with Crippen LogP contribution in [-0.4, -0.2) is 41.4 Å². The first kappa shape index (κ1) is 21.7. The van der Waals surface area contributed by atoms with Crippen LogP contribution in [0.15, 0.2) is 39.7 Å². The second-order valence-corrected chi connectivity index (χ2v) is 8.20. The molecule has 0 unspecified atom stereocenters. The summed E-state index contributed by atoms with van der Waals surface area (Å²) in [5, 5.41) is 2.71. The number of nitrogens with one attached hydrogen (secondary N) is 2. The Morgan fingerprint density at radius 2 is 2.11 bits per heavy atom. The van der Waals surface area contributed by atoms with Crippen molar-refractivity contribution in [3.8, 4) is 5.88 Å². The van der Waals surface area contributed by atoms with E-state index >= 15 is 0 Å². The molecule has 1 atom stereocenters. The van der Waals surface area contributed by atoms with Crippen LogP contribution in [-0.2, 0) is 4.74 Å². The second kappa shape index (κ2) is 9.09. The number of hydrogen-bond donors (Lipinski definition) is 2. The average molecular weight is 453 g/mol. The van der Waals surface area contributed by atoms with Gasteiger partial charge in [0.15, 0.2) is 0 Å². The van der Waals surface area contributed by atoms with Gasteiger partial charge in [0.1, 0.15) is 23.7 Å². The number of ether oxygens (including phenoxy) is 2. The Morgan fingerprint density at radius 3 is 2.79 bits per heavy atom. The van der Waals surface area contributed by atoms with Crippen LogP contribution in [0.4, 0.5) is 16.3 Å². The number of alkyl carbamates (subject to hydrolysis) is 1. The van der Waals surface area contributed by atoms with E-state index in [4.69, 9.17) is 9.47 Å². The fraction of sp³-hybridized carbons (Fsp3) is 0.421. The smallest absolute Gasteiger partial charge is 0.407 e. The molecule has 0 aromatic carbocycles. The normalized spacial score (nSPS) is 12.2. The SMILES string of the molecule is C[C@@H](COc1cccc(N(C)c2cc(Br)c[nH]c2=O)n1)NC(=O)OC(C)(C)C. The van der Waals surface area contributed by atoms with Crippen molar-refractivity contribution in [2.45, 2.75) is 39.3 Å². The Kier molecular flexibility index (Phi) is 7.06. The van der Waals surface area contributed by atoms with Crippen molar-refractivity contribution in [1.82, 2.24) is 15.3 Å². The zero-order chi connectivity index (χ0) is 20.9. The lowest BCUT2D eigenvalue weighted by Crippen LogP contribution is -2.40. The molecular weight excluding hydrogens is 428 g/mol. The monoisotopic (exact) mass is 452 g/mol. The molecule has 1 amide bonds. The number of anilines is 2. The highest BCUT2D eigenvalue weighted by Crippen LogP contribution is 2.22. The number of halogens is 1. The van der Waals surface area contributed by atoms with Gasteiger partial charge in [0.05, 0.1) is 6.04 Å². The van der Waals surface area contributed by atoms with E-state index in [2.05, 4.69) is 31.2 Å². The van der Waals surface area contributed by atoms with Gasteiger partial charge in [-0.1, -0.05) is 6.07 Å². The quantitative estimate of drug-likeness (QED) is 0.694. The maximum absolute atomic E-state index is 12.1. The molecule has 0 radical (unpaired) electrons. The predicted octanol–water partition coefficient (Wildman–Crippen LogP) is 3.59. The molecule has 0 aliphatic carbocycles. The van der Waals surface area contributed by atoms with Crippen molar-refractivity contribution in [1.29, 1.82) is 0 Å². The maximum atomic E-state index is 12.1. The number of aromatic amines is 1. The van der Waals surface area contributed by atoms with Crippen molar-refractivity contribution in [2.75, 3.05) is 18.6 Å². The van der Waals surface area contributed by atoms with E-state index in [0.29, 0.717) is 17.4 Å². The summed E-state index contributed by atoms with van der Waals surface area (Å²) in [5.74, 6) is 0.933. The van der Waals surface area contributed by atoms with Gasteiger partial charge in [0.25, 0.3) is 5.56 Å². The molecule has 2 aromatic rings. The molecule has 0 fully saturated rings. The Hall–Kier alpha value is -2.55. The summed E-state index contributed by atoms with van der Waals surface area (Å²) < 4.78 is 11.6. The fourth-order valence-corrected chi connectivity index (χ4v) is 2.58. The first-order valence-electron chi connectivity index (χ1n) is 8.76. The van der Waals surface area contributed by atoms with E-state index in [1.807, 2.05) is 0 Å². The summed E-state index contributed by atoms with van der Waals surface area (Å²) in [4.78, 5) is 32.6.